The molecule has 0 saturated carbocycles. The normalized spacial score (nSPS) is 10.1. The van der Waals surface area contributed by atoms with E-state index in [0.717, 1.165) is 6.39 Å². The summed E-state index contributed by atoms with van der Waals surface area (Å²) in [5, 5.41) is 2.47. The number of carbonyl (C=O) groups is 1. The third-order valence-corrected chi connectivity index (χ3v) is 1.91. The van der Waals surface area contributed by atoms with Crippen LogP contribution in [0.2, 0.25) is 0 Å². The molecule has 0 unspecified atom stereocenters. The van der Waals surface area contributed by atoms with Crippen LogP contribution in [0.25, 0.3) is 0 Å². The molecule has 0 aromatic carbocycles. The van der Waals surface area contributed by atoms with Gasteiger partial charge in [0.2, 0.25) is 5.76 Å². The molecule has 0 aliphatic rings. The number of halogens is 1. The maximum absolute atomic E-state index is 13.1. The number of rotatable bonds is 3. The molecule has 0 aliphatic heterocycles. The van der Waals surface area contributed by atoms with Gasteiger partial charge in [0, 0.05) is 6.20 Å². The van der Waals surface area contributed by atoms with E-state index >= 15 is 0 Å². The fourth-order valence-electron chi connectivity index (χ4n) is 1.13. The van der Waals surface area contributed by atoms with Gasteiger partial charge >= 0.3 is 0 Å². The number of pyridine rings is 1. The fraction of sp³-hybridized carbons (Fsp3) is 0.100. The second-order valence-electron chi connectivity index (χ2n) is 2.98. The highest BCUT2D eigenvalue weighted by Crippen LogP contribution is 2.02. The molecule has 2 aromatic heterocycles. The Bertz CT molecular complexity index is 485. The molecule has 0 atom stereocenters. The lowest BCUT2D eigenvalue weighted by atomic mass is 10.3. The Morgan fingerprint density at radius 2 is 2.44 bits per heavy atom. The van der Waals surface area contributed by atoms with Gasteiger partial charge in [-0.3, -0.25) is 9.78 Å². The van der Waals surface area contributed by atoms with E-state index in [9.17, 15) is 9.18 Å². The first kappa shape index (κ1) is 10.3. The number of hydrogen-bond donors (Lipinski definition) is 1. The van der Waals surface area contributed by atoms with Gasteiger partial charge in [-0.15, -0.1) is 0 Å². The Kier molecular flexibility index (Phi) is 2.90. The van der Waals surface area contributed by atoms with E-state index in [0.29, 0.717) is 0 Å². The van der Waals surface area contributed by atoms with Crippen LogP contribution in [0.5, 0.6) is 0 Å². The van der Waals surface area contributed by atoms with Crippen LogP contribution >= 0.6 is 0 Å². The third kappa shape index (κ3) is 2.22. The molecule has 5 nitrogen and oxygen atoms in total. The summed E-state index contributed by atoms with van der Waals surface area (Å²) in [7, 11) is 0. The van der Waals surface area contributed by atoms with E-state index < -0.39 is 11.7 Å². The summed E-state index contributed by atoms with van der Waals surface area (Å²) in [5.74, 6) is -0.834. The minimum atomic E-state index is -0.458. The molecular weight excluding hydrogens is 213 g/mol. The highest BCUT2D eigenvalue weighted by atomic mass is 19.1. The van der Waals surface area contributed by atoms with Crippen LogP contribution in [0.15, 0.2) is 35.3 Å². The van der Waals surface area contributed by atoms with E-state index in [4.69, 9.17) is 4.42 Å². The lowest BCUT2D eigenvalue weighted by Gasteiger charge is -2.02. The first-order chi connectivity index (χ1) is 7.77. The maximum Gasteiger partial charge on any atom is 0.289 e. The molecule has 1 N–H and O–H groups in total. The molecule has 2 rings (SSSR count). The minimum absolute atomic E-state index is 0.00616. The van der Waals surface area contributed by atoms with Crippen molar-refractivity contribution in [2.75, 3.05) is 0 Å². The number of oxazole rings is 1. The summed E-state index contributed by atoms with van der Waals surface area (Å²) in [6.07, 6.45) is 3.89. The lowest BCUT2D eigenvalue weighted by Crippen LogP contribution is -2.23. The monoisotopic (exact) mass is 221 g/mol. The Morgan fingerprint density at radius 3 is 3.12 bits per heavy atom. The highest BCUT2D eigenvalue weighted by molar-refractivity contribution is 5.90. The SMILES string of the molecule is O=C(NCc1ncccc1F)c1cnco1. The van der Waals surface area contributed by atoms with Crippen LogP contribution in [0, 0.1) is 5.82 Å². The van der Waals surface area contributed by atoms with Crippen molar-refractivity contribution in [3.63, 3.8) is 0 Å². The number of carbonyl (C=O) groups excluding carboxylic acids is 1. The van der Waals surface area contributed by atoms with Crippen molar-refractivity contribution in [3.05, 3.63) is 48.2 Å². The highest BCUT2D eigenvalue weighted by Gasteiger charge is 2.10. The zero-order valence-electron chi connectivity index (χ0n) is 8.18. The molecule has 6 heteroatoms. The van der Waals surface area contributed by atoms with E-state index in [1.54, 1.807) is 0 Å². The van der Waals surface area contributed by atoms with E-state index in [1.165, 1.54) is 24.5 Å². The molecule has 0 radical (unpaired) electrons. The van der Waals surface area contributed by atoms with Gasteiger partial charge in [-0.05, 0) is 12.1 Å². The van der Waals surface area contributed by atoms with Gasteiger partial charge in [0.1, 0.15) is 5.82 Å². The van der Waals surface area contributed by atoms with Gasteiger partial charge < -0.3 is 9.73 Å². The van der Waals surface area contributed by atoms with E-state index in [1.807, 2.05) is 0 Å². The molecule has 1 amide bonds. The topological polar surface area (TPSA) is 68.0 Å². The van der Waals surface area contributed by atoms with Crippen molar-refractivity contribution in [1.82, 2.24) is 15.3 Å². The Hall–Kier alpha value is -2.24. The Labute approximate surface area is 90.3 Å². The van der Waals surface area contributed by atoms with Crippen LogP contribution in [0.3, 0.4) is 0 Å². The van der Waals surface area contributed by atoms with Crippen molar-refractivity contribution in [1.29, 1.82) is 0 Å². The largest absolute Gasteiger partial charge is 0.438 e. The van der Waals surface area contributed by atoms with E-state index in [-0.39, 0.29) is 18.0 Å². The maximum atomic E-state index is 13.1. The zero-order valence-corrected chi connectivity index (χ0v) is 8.18. The summed E-state index contributed by atoms with van der Waals surface area (Å²) in [6, 6.07) is 2.76. The fourth-order valence-corrected chi connectivity index (χ4v) is 1.13. The molecule has 2 aromatic rings. The number of aromatic nitrogens is 2. The molecule has 0 spiro atoms. The standard InChI is InChI=1S/C10H8FN3O2/c11-7-2-1-3-13-8(7)4-14-10(15)9-5-12-6-16-9/h1-3,5-6H,4H2,(H,14,15). The van der Waals surface area contributed by atoms with Crippen molar-refractivity contribution in [2.24, 2.45) is 0 Å². The molecule has 0 aliphatic carbocycles. The third-order valence-electron chi connectivity index (χ3n) is 1.91. The van der Waals surface area contributed by atoms with Gasteiger partial charge in [-0.2, -0.15) is 0 Å². The predicted molar refractivity (Wildman–Crippen MR) is 51.9 cm³/mol. The summed E-state index contributed by atoms with van der Waals surface area (Å²) in [6.45, 7) is 0.00616. The van der Waals surface area contributed by atoms with Crippen molar-refractivity contribution < 1.29 is 13.6 Å². The van der Waals surface area contributed by atoms with Gasteiger partial charge in [0.05, 0.1) is 18.4 Å². The molecule has 0 fully saturated rings. The van der Waals surface area contributed by atoms with Crippen LogP contribution in [-0.2, 0) is 6.54 Å². The number of nitrogens with zero attached hydrogens (tertiary/aromatic N) is 2. The van der Waals surface area contributed by atoms with E-state index in [2.05, 4.69) is 15.3 Å². The predicted octanol–water partition coefficient (Wildman–Crippen LogP) is 1.14. The zero-order chi connectivity index (χ0) is 11.4. The quantitative estimate of drug-likeness (QED) is 0.843. The second-order valence-corrected chi connectivity index (χ2v) is 2.98. The average Bonchev–Trinajstić information content (AvgIpc) is 2.81. The van der Waals surface area contributed by atoms with Crippen LogP contribution in [0.4, 0.5) is 4.39 Å². The van der Waals surface area contributed by atoms with Crippen LogP contribution in [-0.4, -0.2) is 15.9 Å². The smallest absolute Gasteiger partial charge is 0.289 e. The molecule has 0 saturated heterocycles. The Balaban J connectivity index is 1.98. The van der Waals surface area contributed by atoms with Crippen LogP contribution in [0.1, 0.15) is 16.2 Å². The molecular formula is C10H8FN3O2. The Morgan fingerprint density at radius 1 is 1.56 bits per heavy atom. The first-order valence-corrected chi connectivity index (χ1v) is 4.53. The van der Waals surface area contributed by atoms with Crippen molar-refractivity contribution >= 4 is 5.91 Å². The summed E-state index contributed by atoms with van der Waals surface area (Å²) in [5.41, 5.74) is 0.176. The molecule has 0 bridgehead atoms. The average molecular weight is 221 g/mol. The van der Waals surface area contributed by atoms with Gasteiger partial charge in [0.25, 0.3) is 5.91 Å². The number of amides is 1. The lowest BCUT2D eigenvalue weighted by molar-refractivity contribution is 0.0922. The second kappa shape index (κ2) is 4.52. The summed E-state index contributed by atoms with van der Waals surface area (Å²) in [4.78, 5) is 18.8. The number of nitrogens with one attached hydrogen (secondary N) is 1. The molecule has 16 heavy (non-hydrogen) atoms. The van der Waals surface area contributed by atoms with Gasteiger partial charge in [0.15, 0.2) is 6.39 Å². The van der Waals surface area contributed by atoms with Crippen molar-refractivity contribution in [2.45, 2.75) is 6.54 Å². The van der Waals surface area contributed by atoms with Gasteiger partial charge in [-0.25, -0.2) is 9.37 Å². The van der Waals surface area contributed by atoms with Crippen LogP contribution < -0.4 is 5.32 Å². The first-order valence-electron chi connectivity index (χ1n) is 4.53. The van der Waals surface area contributed by atoms with Crippen molar-refractivity contribution in [3.8, 4) is 0 Å². The molecule has 82 valence electrons. The summed E-state index contributed by atoms with van der Waals surface area (Å²) >= 11 is 0. The minimum Gasteiger partial charge on any atom is -0.438 e. The molecule has 2 heterocycles. The number of hydrogen-bond acceptors (Lipinski definition) is 4. The van der Waals surface area contributed by atoms with Gasteiger partial charge in [-0.1, -0.05) is 0 Å². The summed E-state index contributed by atoms with van der Waals surface area (Å²) < 4.78 is 17.9.